The number of nitrogens with one attached hydrogen (secondary N) is 3. The van der Waals surface area contributed by atoms with Gasteiger partial charge < -0.3 is 20.5 Å². The van der Waals surface area contributed by atoms with Gasteiger partial charge in [-0.1, -0.05) is 6.58 Å². The first-order valence-electron chi connectivity index (χ1n) is 8.63. The van der Waals surface area contributed by atoms with Crippen molar-refractivity contribution < 1.29 is 9.59 Å². The van der Waals surface area contributed by atoms with Gasteiger partial charge in [-0.2, -0.15) is 5.26 Å². The molecular weight excluding hydrogens is 346 g/mol. The first kappa shape index (κ1) is 18.4. The first-order valence-corrected chi connectivity index (χ1v) is 8.63. The molecule has 3 heterocycles. The maximum atomic E-state index is 12.2. The van der Waals surface area contributed by atoms with E-state index in [-0.39, 0.29) is 17.9 Å². The summed E-state index contributed by atoms with van der Waals surface area (Å²) in [5.74, 6) is -0.0146. The van der Waals surface area contributed by atoms with Crippen LogP contribution in [0.2, 0.25) is 0 Å². The Hall–Kier alpha value is -3.41. The maximum absolute atomic E-state index is 12.2. The number of hydrogen-bond acceptors (Lipinski definition) is 6. The molecule has 0 spiro atoms. The van der Waals surface area contributed by atoms with E-state index in [1.165, 1.54) is 12.3 Å². The van der Waals surface area contributed by atoms with Crippen molar-refractivity contribution in [1.29, 1.82) is 5.26 Å². The number of carbonyl (C=O) groups is 2. The van der Waals surface area contributed by atoms with Gasteiger partial charge in [-0.15, -0.1) is 0 Å². The quantitative estimate of drug-likeness (QED) is 0.678. The molecule has 140 valence electrons. The SMILES string of the molecule is C=CC(=O)N1CC(Nc2cnc3[nH]cc(C(=O)NCC)c3n2)C(C)(C#N)C1. The van der Waals surface area contributed by atoms with Gasteiger partial charge in [0.15, 0.2) is 5.65 Å². The number of nitriles is 1. The van der Waals surface area contributed by atoms with Gasteiger partial charge in [-0.25, -0.2) is 9.97 Å². The number of aromatic nitrogens is 3. The number of anilines is 1. The first-order chi connectivity index (χ1) is 12.9. The smallest absolute Gasteiger partial charge is 0.255 e. The summed E-state index contributed by atoms with van der Waals surface area (Å²) >= 11 is 0. The number of H-pyrrole nitrogens is 1. The zero-order chi connectivity index (χ0) is 19.6. The third kappa shape index (κ3) is 3.33. The van der Waals surface area contributed by atoms with E-state index < -0.39 is 5.41 Å². The van der Waals surface area contributed by atoms with E-state index in [0.717, 1.165) is 0 Å². The van der Waals surface area contributed by atoms with Gasteiger partial charge in [0.25, 0.3) is 5.91 Å². The van der Waals surface area contributed by atoms with Crippen molar-refractivity contribution >= 4 is 28.8 Å². The highest BCUT2D eigenvalue weighted by molar-refractivity contribution is 6.04. The van der Waals surface area contributed by atoms with Crippen molar-refractivity contribution in [3.8, 4) is 6.07 Å². The maximum Gasteiger partial charge on any atom is 0.255 e. The van der Waals surface area contributed by atoms with Crippen molar-refractivity contribution in [2.24, 2.45) is 5.41 Å². The van der Waals surface area contributed by atoms with Gasteiger partial charge in [0, 0.05) is 25.8 Å². The third-order valence-corrected chi connectivity index (χ3v) is 4.72. The topological polar surface area (TPSA) is 127 Å². The van der Waals surface area contributed by atoms with Gasteiger partial charge in [-0.05, 0) is 19.9 Å². The minimum absolute atomic E-state index is 0.216. The van der Waals surface area contributed by atoms with Crippen molar-refractivity contribution in [2.45, 2.75) is 19.9 Å². The third-order valence-electron chi connectivity index (χ3n) is 4.72. The number of carbonyl (C=O) groups excluding carboxylic acids is 2. The molecule has 0 saturated carbocycles. The molecule has 3 rings (SSSR count). The minimum Gasteiger partial charge on any atom is -0.363 e. The van der Waals surface area contributed by atoms with Gasteiger partial charge in [0.05, 0.1) is 29.3 Å². The van der Waals surface area contributed by atoms with Crippen LogP contribution < -0.4 is 10.6 Å². The molecular formula is C18H21N7O2. The molecule has 0 aromatic carbocycles. The Morgan fingerprint density at radius 1 is 1.59 bits per heavy atom. The zero-order valence-electron chi connectivity index (χ0n) is 15.2. The van der Waals surface area contributed by atoms with Crippen molar-refractivity contribution in [3.63, 3.8) is 0 Å². The molecule has 2 aromatic rings. The van der Waals surface area contributed by atoms with E-state index >= 15 is 0 Å². The van der Waals surface area contributed by atoms with Crippen LogP contribution in [-0.4, -0.2) is 57.3 Å². The van der Waals surface area contributed by atoms with Crippen LogP contribution in [0.15, 0.2) is 25.0 Å². The molecule has 2 unspecified atom stereocenters. The van der Waals surface area contributed by atoms with Crippen LogP contribution in [0.4, 0.5) is 5.82 Å². The summed E-state index contributed by atoms with van der Waals surface area (Å²) in [7, 11) is 0. The molecule has 2 aromatic heterocycles. The van der Waals surface area contributed by atoms with Crippen LogP contribution in [0.5, 0.6) is 0 Å². The van der Waals surface area contributed by atoms with E-state index in [9.17, 15) is 14.9 Å². The van der Waals surface area contributed by atoms with Crippen molar-refractivity contribution in [3.05, 3.63) is 30.6 Å². The summed E-state index contributed by atoms with van der Waals surface area (Å²) < 4.78 is 0. The van der Waals surface area contributed by atoms with E-state index in [1.54, 1.807) is 18.0 Å². The highest BCUT2D eigenvalue weighted by Gasteiger charge is 2.45. The van der Waals surface area contributed by atoms with Gasteiger partial charge in [0.1, 0.15) is 11.3 Å². The average Bonchev–Trinajstić information content (AvgIpc) is 3.23. The Bertz CT molecular complexity index is 945. The monoisotopic (exact) mass is 367 g/mol. The second-order valence-electron chi connectivity index (χ2n) is 6.66. The number of fused-ring (bicyclic) bond motifs is 1. The molecule has 2 amide bonds. The summed E-state index contributed by atoms with van der Waals surface area (Å²) in [5, 5.41) is 15.6. The molecule has 0 bridgehead atoms. The van der Waals surface area contributed by atoms with Crippen LogP contribution in [0.1, 0.15) is 24.2 Å². The molecule has 3 N–H and O–H groups in total. The van der Waals surface area contributed by atoms with Crippen molar-refractivity contribution in [1.82, 2.24) is 25.2 Å². The van der Waals surface area contributed by atoms with Crippen LogP contribution in [0, 0.1) is 16.7 Å². The predicted octanol–water partition coefficient (Wildman–Crippen LogP) is 1.05. The lowest BCUT2D eigenvalue weighted by Crippen LogP contribution is -2.36. The summed E-state index contributed by atoms with van der Waals surface area (Å²) in [6.07, 6.45) is 4.35. The molecule has 9 heteroatoms. The van der Waals surface area contributed by atoms with Gasteiger partial charge in [-0.3, -0.25) is 9.59 Å². The number of likely N-dealkylation sites (tertiary alicyclic amines) is 1. The molecule has 1 aliphatic heterocycles. The van der Waals surface area contributed by atoms with Gasteiger partial charge >= 0.3 is 0 Å². The van der Waals surface area contributed by atoms with E-state index in [0.29, 0.717) is 42.2 Å². The summed E-state index contributed by atoms with van der Waals surface area (Å²) in [5.41, 5.74) is 0.567. The lowest BCUT2D eigenvalue weighted by atomic mass is 9.87. The van der Waals surface area contributed by atoms with E-state index in [4.69, 9.17) is 0 Å². The second kappa shape index (κ2) is 7.07. The number of rotatable bonds is 5. The molecule has 1 saturated heterocycles. The molecule has 2 atom stereocenters. The molecule has 0 aliphatic carbocycles. The summed E-state index contributed by atoms with van der Waals surface area (Å²) in [4.78, 5) is 37.4. The molecule has 0 radical (unpaired) electrons. The Morgan fingerprint density at radius 3 is 3.04 bits per heavy atom. The van der Waals surface area contributed by atoms with Crippen molar-refractivity contribution in [2.75, 3.05) is 25.0 Å². The number of nitrogens with zero attached hydrogens (tertiary/aromatic N) is 4. The fourth-order valence-electron chi connectivity index (χ4n) is 3.18. The lowest BCUT2D eigenvalue weighted by Gasteiger charge is -2.23. The average molecular weight is 367 g/mol. The summed E-state index contributed by atoms with van der Waals surface area (Å²) in [6.45, 7) is 8.29. The van der Waals surface area contributed by atoms with E-state index in [2.05, 4.69) is 38.2 Å². The Morgan fingerprint density at radius 2 is 2.37 bits per heavy atom. The van der Waals surface area contributed by atoms with Crippen LogP contribution in [-0.2, 0) is 4.79 Å². The Kier molecular flexibility index (Phi) is 4.81. The Balaban J connectivity index is 1.88. The van der Waals surface area contributed by atoms with Crippen LogP contribution >= 0.6 is 0 Å². The summed E-state index contributed by atoms with van der Waals surface area (Å²) in [6, 6.07) is 1.96. The molecule has 9 nitrogen and oxygen atoms in total. The number of amides is 2. The second-order valence-corrected chi connectivity index (χ2v) is 6.66. The normalized spacial score (nSPS) is 21.7. The zero-order valence-corrected chi connectivity index (χ0v) is 15.2. The predicted molar refractivity (Wildman–Crippen MR) is 99.8 cm³/mol. The minimum atomic E-state index is -0.782. The Labute approximate surface area is 156 Å². The fourth-order valence-corrected chi connectivity index (χ4v) is 3.18. The molecule has 1 aliphatic rings. The van der Waals surface area contributed by atoms with Crippen LogP contribution in [0.25, 0.3) is 11.2 Å². The molecule has 1 fully saturated rings. The fraction of sp³-hybridized carbons (Fsp3) is 0.389. The van der Waals surface area contributed by atoms with Crippen LogP contribution in [0.3, 0.4) is 0 Å². The number of aromatic amines is 1. The highest BCUT2D eigenvalue weighted by Crippen LogP contribution is 2.32. The number of hydrogen-bond donors (Lipinski definition) is 3. The lowest BCUT2D eigenvalue weighted by molar-refractivity contribution is -0.125. The van der Waals surface area contributed by atoms with Gasteiger partial charge in [0.2, 0.25) is 5.91 Å². The largest absolute Gasteiger partial charge is 0.363 e. The highest BCUT2D eigenvalue weighted by atomic mass is 16.2. The standard InChI is InChI=1S/C18H21N7O2/c1-4-14(26)25-8-12(18(3,9-19)10-25)23-13-7-22-16-15(24-13)11(6-21-16)17(27)20-5-2/h4,6-7,12H,1,5,8,10H2,2-3H3,(H,20,27)(H,21,22)(H,23,24). The molecule has 27 heavy (non-hydrogen) atoms. The van der Waals surface area contributed by atoms with E-state index in [1.807, 2.05) is 6.92 Å².